The van der Waals surface area contributed by atoms with Crippen LogP contribution >= 0.6 is 0 Å². The first-order chi connectivity index (χ1) is 4.72. The van der Waals surface area contributed by atoms with Crippen molar-refractivity contribution in [1.82, 2.24) is 0 Å². The molecule has 0 amide bonds. The molecule has 1 saturated carbocycles. The Labute approximate surface area is 65.0 Å². The van der Waals surface area contributed by atoms with Crippen molar-refractivity contribution in [3.63, 3.8) is 0 Å². The average Bonchev–Trinajstić information content (AvgIpc) is 2.36. The van der Waals surface area contributed by atoms with Gasteiger partial charge in [0.1, 0.15) is 0 Å². The molecule has 0 heterocycles. The lowest BCUT2D eigenvalue weighted by Gasteiger charge is -2.22. The molecule has 1 fully saturated rings. The highest BCUT2D eigenvalue weighted by Gasteiger charge is 2.22. The first kappa shape index (κ1) is 8.10. The Bertz CT molecular complexity index is 88.2. The van der Waals surface area contributed by atoms with Crippen molar-refractivity contribution in [2.24, 2.45) is 17.8 Å². The Morgan fingerprint density at radius 3 is 1.90 bits per heavy atom. The van der Waals surface area contributed by atoms with Crippen LogP contribution in [-0.4, -0.2) is 0 Å². The largest absolute Gasteiger partial charge is 0.0625 e. The summed E-state index contributed by atoms with van der Waals surface area (Å²) in [5.41, 5.74) is 0. The Morgan fingerprint density at radius 1 is 1.00 bits per heavy atom. The van der Waals surface area contributed by atoms with E-state index in [4.69, 9.17) is 0 Å². The standard InChI is InChI=1S/C10H20/c1-8(2)9(3)10-6-4-5-7-10/h8-10H,4-7H2,1-3H3/t9-/m0/s1. The third kappa shape index (κ3) is 1.74. The Kier molecular flexibility index (Phi) is 2.76. The van der Waals surface area contributed by atoms with Crippen molar-refractivity contribution in [3.05, 3.63) is 0 Å². The van der Waals surface area contributed by atoms with Gasteiger partial charge in [-0.25, -0.2) is 0 Å². The first-order valence-electron chi connectivity index (χ1n) is 4.72. The predicted octanol–water partition coefficient (Wildman–Crippen LogP) is 3.47. The van der Waals surface area contributed by atoms with Crippen LogP contribution in [0.15, 0.2) is 0 Å². The van der Waals surface area contributed by atoms with Gasteiger partial charge in [-0.05, 0) is 17.8 Å². The zero-order chi connectivity index (χ0) is 7.56. The van der Waals surface area contributed by atoms with Crippen LogP contribution in [0.1, 0.15) is 46.5 Å². The molecule has 0 aromatic carbocycles. The smallest absolute Gasteiger partial charge is 0.0386 e. The molecule has 0 spiro atoms. The lowest BCUT2D eigenvalue weighted by Crippen LogP contribution is -2.13. The fourth-order valence-corrected chi connectivity index (χ4v) is 2.03. The zero-order valence-corrected chi connectivity index (χ0v) is 7.56. The number of hydrogen-bond acceptors (Lipinski definition) is 0. The van der Waals surface area contributed by atoms with Gasteiger partial charge in [-0.1, -0.05) is 46.5 Å². The number of hydrogen-bond donors (Lipinski definition) is 0. The van der Waals surface area contributed by atoms with Crippen molar-refractivity contribution in [2.75, 3.05) is 0 Å². The summed E-state index contributed by atoms with van der Waals surface area (Å²) in [7, 11) is 0. The highest BCUT2D eigenvalue weighted by Crippen LogP contribution is 2.34. The Hall–Kier alpha value is 0. The highest BCUT2D eigenvalue weighted by molar-refractivity contribution is 4.74. The second-order valence-electron chi connectivity index (χ2n) is 4.15. The van der Waals surface area contributed by atoms with Gasteiger partial charge < -0.3 is 0 Å². The van der Waals surface area contributed by atoms with Gasteiger partial charge in [-0.3, -0.25) is 0 Å². The summed E-state index contributed by atoms with van der Waals surface area (Å²) in [5, 5.41) is 0. The van der Waals surface area contributed by atoms with E-state index in [9.17, 15) is 0 Å². The van der Waals surface area contributed by atoms with Gasteiger partial charge in [0, 0.05) is 0 Å². The van der Waals surface area contributed by atoms with Gasteiger partial charge >= 0.3 is 0 Å². The summed E-state index contributed by atoms with van der Waals surface area (Å²) in [5.74, 6) is 2.91. The molecule has 0 N–H and O–H groups in total. The summed E-state index contributed by atoms with van der Waals surface area (Å²) in [6.45, 7) is 7.12. The van der Waals surface area contributed by atoms with Crippen molar-refractivity contribution >= 4 is 0 Å². The number of rotatable bonds is 2. The maximum Gasteiger partial charge on any atom is -0.0386 e. The van der Waals surface area contributed by atoms with Gasteiger partial charge in [0.15, 0.2) is 0 Å². The molecule has 0 bridgehead atoms. The molecule has 60 valence electrons. The van der Waals surface area contributed by atoms with Crippen LogP contribution in [0.4, 0.5) is 0 Å². The summed E-state index contributed by atoms with van der Waals surface area (Å²) < 4.78 is 0. The van der Waals surface area contributed by atoms with E-state index in [1.165, 1.54) is 25.7 Å². The van der Waals surface area contributed by atoms with Gasteiger partial charge in [-0.15, -0.1) is 0 Å². The van der Waals surface area contributed by atoms with Crippen molar-refractivity contribution < 1.29 is 0 Å². The van der Waals surface area contributed by atoms with E-state index in [-0.39, 0.29) is 0 Å². The van der Waals surface area contributed by atoms with Crippen LogP contribution in [0, 0.1) is 17.8 Å². The molecule has 0 unspecified atom stereocenters. The molecule has 0 aromatic heterocycles. The minimum absolute atomic E-state index is 0.892. The van der Waals surface area contributed by atoms with E-state index in [2.05, 4.69) is 20.8 Å². The van der Waals surface area contributed by atoms with E-state index in [1.54, 1.807) is 0 Å². The van der Waals surface area contributed by atoms with Crippen molar-refractivity contribution in [3.8, 4) is 0 Å². The van der Waals surface area contributed by atoms with Gasteiger partial charge in [0.05, 0.1) is 0 Å². The fourth-order valence-electron chi connectivity index (χ4n) is 2.03. The van der Waals surface area contributed by atoms with Crippen molar-refractivity contribution in [1.29, 1.82) is 0 Å². The van der Waals surface area contributed by atoms with Crippen LogP contribution in [0.5, 0.6) is 0 Å². The van der Waals surface area contributed by atoms with E-state index in [1.807, 2.05) is 0 Å². The molecule has 1 rings (SSSR count). The third-order valence-corrected chi connectivity index (χ3v) is 3.19. The first-order valence-corrected chi connectivity index (χ1v) is 4.72. The Morgan fingerprint density at radius 2 is 1.50 bits per heavy atom. The summed E-state index contributed by atoms with van der Waals surface area (Å²) in [6.07, 6.45) is 5.97. The minimum atomic E-state index is 0.892. The molecule has 0 radical (unpaired) electrons. The average molecular weight is 140 g/mol. The van der Waals surface area contributed by atoms with Gasteiger partial charge in [-0.2, -0.15) is 0 Å². The third-order valence-electron chi connectivity index (χ3n) is 3.19. The van der Waals surface area contributed by atoms with Crippen LogP contribution in [0.3, 0.4) is 0 Å². The predicted molar refractivity (Wildman–Crippen MR) is 46.0 cm³/mol. The summed E-state index contributed by atoms with van der Waals surface area (Å²) in [4.78, 5) is 0. The topological polar surface area (TPSA) is 0 Å². The molecule has 0 aromatic rings. The maximum absolute atomic E-state index is 2.42. The molecule has 1 aliphatic carbocycles. The fraction of sp³-hybridized carbons (Fsp3) is 1.00. The minimum Gasteiger partial charge on any atom is -0.0625 e. The van der Waals surface area contributed by atoms with Crippen LogP contribution in [0.2, 0.25) is 0 Å². The normalized spacial score (nSPS) is 24.0. The quantitative estimate of drug-likeness (QED) is 0.551. The van der Waals surface area contributed by atoms with Gasteiger partial charge in [0.2, 0.25) is 0 Å². The van der Waals surface area contributed by atoms with E-state index < -0.39 is 0 Å². The molecule has 0 nitrogen and oxygen atoms in total. The van der Waals surface area contributed by atoms with Crippen LogP contribution in [0.25, 0.3) is 0 Å². The van der Waals surface area contributed by atoms with E-state index >= 15 is 0 Å². The maximum atomic E-state index is 2.42. The molecule has 0 aliphatic heterocycles. The summed E-state index contributed by atoms with van der Waals surface area (Å²) >= 11 is 0. The molecular weight excluding hydrogens is 120 g/mol. The molecule has 0 saturated heterocycles. The highest BCUT2D eigenvalue weighted by atomic mass is 14.3. The van der Waals surface area contributed by atoms with Crippen LogP contribution < -0.4 is 0 Å². The molecule has 10 heavy (non-hydrogen) atoms. The molecule has 1 atom stereocenters. The molecular formula is C10H20. The second kappa shape index (κ2) is 3.41. The molecule has 1 aliphatic rings. The Balaban J connectivity index is 2.32. The van der Waals surface area contributed by atoms with E-state index in [0.717, 1.165) is 17.8 Å². The lowest BCUT2D eigenvalue weighted by molar-refractivity contribution is 0.282. The van der Waals surface area contributed by atoms with Crippen LogP contribution in [-0.2, 0) is 0 Å². The second-order valence-corrected chi connectivity index (χ2v) is 4.15. The summed E-state index contributed by atoms with van der Waals surface area (Å²) in [6, 6.07) is 0. The monoisotopic (exact) mass is 140 g/mol. The van der Waals surface area contributed by atoms with Gasteiger partial charge in [0.25, 0.3) is 0 Å². The lowest BCUT2D eigenvalue weighted by atomic mass is 9.84. The van der Waals surface area contributed by atoms with Crippen molar-refractivity contribution in [2.45, 2.75) is 46.5 Å². The molecule has 0 heteroatoms. The SMILES string of the molecule is CC(C)[C@H](C)C1CCCC1. The zero-order valence-electron chi connectivity index (χ0n) is 7.56. The van der Waals surface area contributed by atoms with E-state index in [0.29, 0.717) is 0 Å².